The van der Waals surface area contributed by atoms with Crippen LogP contribution < -0.4 is 10.2 Å². The van der Waals surface area contributed by atoms with Gasteiger partial charge in [-0.25, -0.2) is 18.4 Å². The van der Waals surface area contributed by atoms with E-state index >= 15 is 0 Å². The van der Waals surface area contributed by atoms with Crippen molar-refractivity contribution in [3.8, 4) is 0 Å². The predicted octanol–water partition coefficient (Wildman–Crippen LogP) is 0.961. The predicted molar refractivity (Wildman–Crippen MR) is 111 cm³/mol. The zero-order valence-electron chi connectivity index (χ0n) is 16.8. The van der Waals surface area contributed by atoms with Gasteiger partial charge in [0.15, 0.2) is 0 Å². The molecule has 1 saturated heterocycles. The number of nitrogens with zero attached hydrogens (tertiary/aromatic N) is 4. The highest BCUT2D eigenvalue weighted by atomic mass is 32.2. The maximum Gasteiger partial charge on any atom is 0.223 e. The van der Waals surface area contributed by atoms with Gasteiger partial charge in [0.2, 0.25) is 15.9 Å². The van der Waals surface area contributed by atoms with E-state index in [4.69, 9.17) is 0 Å². The Balaban J connectivity index is 1.44. The van der Waals surface area contributed by atoms with Crippen molar-refractivity contribution in [1.29, 1.82) is 0 Å². The van der Waals surface area contributed by atoms with Crippen LogP contribution in [0.2, 0.25) is 0 Å². The molecule has 1 aliphatic heterocycles. The summed E-state index contributed by atoms with van der Waals surface area (Å²) in [6, 6.07) is 1.94. The first-order valence-electron chi connectivity index (χ1n) is 10.1. The van der Waals surface area contributed by atoms with Gasteiger partial charge in [0, 0.05) is 44.8 Å². The second kappa shape index (κ2) is 7.91. The van der Waals surface area contributed by atoms with E-state index < -0.39 is 10.0 Å². The van der Waals surface area contributed by atoms with Crippen LogP contribution in [0.1, 0.15) is 26.2 Å². The first-order chi connectivity index (χ1) is 13.9. The topological polar surface area (TPSA) is 111 Å². The minimum absolute atomic E-state index is 0.00702. The van der Waals surface area contributed by atoms with E-state index in [9.17, 15) is 13.2 Å². The van der Waals surface area contributed by atoms with Crippen LogP contribution in [0.5, 0.6) is 0 Å². The molecule has 2 aromatic heterocycles. The lowest BCUT2D eigenvalue weighted by molar-refractivity contribution is -0.122. The Labute approximate surface area is 170 Å². The molecule has 3 heterocycles. The standard InChI is InChI=1S/C19H28N6O3S/c1-13-6-9-25(29(27,28)10-8-21-19(26)14-3-4-14)11-16(13)24(2)18-15-5-7-20-17(15)22-12-23-18/h5,7,12-14,16H,3-4,6,8-11H2,1-2H3,(H,21,26)(H,20,22,23). The number of carbonyl (C=O) groups is 1. The summed E-state index contributed by atoms with van der Waals surface area (Å²) < 4.78 is 27.3. The van der Waals surface area contributed by atoms with Crippen molar-refractivity contribution in [2.75, 3.05) is 37.3 Å². The summed E-state index contributed by atoms with van der Waals surface area (Å²) in [5, 5.41) is 3.67. The third-order valence-electron chi connectivity index (χ3n) is 6.05. The number of fused-ring (bicyclic) bond motifs is 1. The molecule has 2 fully saturated rings. The number of rotatable bonds is 7. The van der Waals surface area contributed by atoms with Gasteiger partial charge in [0.05, 0.1) is 11.1 Å². The van der Waals surface area contributed by atoms with E-state index in [1.54, 1.807) is 4.31 Å². The minimum atomic E-state index is -3.43. The number of anilines is 1. The molecular formula is C19H28N6O3S. The van der Waals surface area contributed by atoms with Gasteiger partial charge < -0.3 is 15.2 Å². The van der Waals surface area contributed by atoms with E-state index in [1.807, 2.05) is 19.3 Å². The van der Waals surface area contributed by atoms with Gasteiger partial charge in [-0.2, -0.15) is 4.31 Å². The zero-order chi connectivity index (χ0) is 20.6. The second-order valence-corrected chi connectivity index (χ2v) is 10.2. The monoisotopic (exact) mass is 420 g/mol. The average Bonchev–Trinajstić information content (AvgIpc) is 3.44. The molecule has 29 heavy (non-hydrogen) atoms. The SMILES string of the molecule is CC1CCN(S(=O)(=O)CCNC(=O)C2CC2)CC1N(C)c1ncnc2[nH]ccc12. The van der Waals surface area contributed by atoms with Gasteiger partial charge in [0.1, 0.15) is 17.8 Å². The number of carbonyl (C=O) groups excluding carboxylic acids is 1. The van der Waals surface area contributed by atoms with Crippen LogP contribution in [-0.2, 0) is 14.8 Å². The Bertz CT molecular complexity index is 987. The smallest absolute Gasteiger partial charge is 0.223 e. The Morgan fingerprint density at radius 2 is 2.14 bits per heavy atom. The van der Waals surface area contributed by atoms with Gasteiger partial charge in [-0.1, -0.05) is 6.92 Å². The van der Waals surface area contributed by atoms with Gasteiger partial charge in [0.25, 0.3) is 0 Å². The molecule has 1 amide bonds. The Morgan fingerprint density at radius 3 is 2.90 bits per heavy atom. The maximum absolute atomic E-state index is 12.9. The number of nitrogens with one attached hydrogen (secondary N) is 2. The number of H-pyrrole nitrogens is 1. The van der Waals surface area contributed by atoms with E-state index in [1.165, 1.54) is 6.33 Å². The third kappa shape index (κ3) is 4.23. The number of aromatic amines is 1. The highest BCUT2D eigenvalue weighted by molar-refractivity contribution is 7.89. The van der Waals surface area contributed by atoms with Crippen LogP contribution in [0.15, 0.2) is 18.6 Å². The van der Waals surface area contributed by atoms with Crippen LogP contribution >= 0.6 is 0 Å². The molecule has 4 rings (SSSR count). The molecule has 2 aromatic rings. The maximum atomic E-state index is 12.9. The highest BCUT2D eigenvalue weighted by Crippen LogP contribution is 2.30. The summed E-state index contributed by atoms with van der Waals surface area (Å²) >= 11 is 0. The molecular weight excluding hydrogens is 392 g/mol. The Hall–Kier alpha value is -2.20. The first kappa shape index (κ1) is 20.1. The number of aromatic nitrogens is 3. The molecule has 2 atom stereocenters. The van der Waals surface area contributed by atoms with Crippen LogP contribution in [0.3, 0.4) is 0 Å². The number of amides is 1. The van der Waals surface area contributed by atoms with E-state index in [-0.39, 0.29) is 30.2 Å². The van der Waals surface area contributed by atoms with Gasteiger partial charge in [-0.3, -0.25) is 4.79 Å². The number of likely N-dealkylation sites (N-methyl/N-ethyl adjacent to an activating group) is 1. The number of hydrogen-bond acceptors (Lipinski definition) is 6. The second-order valence-electron chi connectivity index (χ2n) is 8.12. The molecule has 0 radical (unpaired) electrons. The first-order valence-corrected chi connectivity index (χ1v) is 11.7. The Morgan fingerprint density at radius 1 is 1.34 bits per heavy atom. The summed E-state index contributed by atoms with van der Waals surface area (Å²) in [6.07, 6.45) is 5.95. The quantitative estimate of drug-likeness (QED) is 0.690. The van der Waals surface area contributed by atoms with E-state index in [0.29, 0.717) is 19.0 Å². The third-order valence-corrected chi connectivity index (χ3v) is 7.89. The molecule has 2 aliphatic rings. The fraction of sp³-hybridized carbons (Fsp3) is 0.632. The summed E-state index contributed by atoms with van der Waals surface area (Å²) in [5.41, 5.74) is 0.765. The van der Waals surface area contributed by atoms with Crippen molar-refractivity contribution in [3.05, 3.63) is 18.6 Å². The van der Waals surface area contributed by atoms with Crippen molar-refractivity contribution in [3.63, 3.8) is 0 Å². The summed E-state index contributed by atoms with van der Waals surface area (Å²) in [4.78, 5) is 25.6. The van der Waals surface area contributed by atoms with E-state index in [2.05, 4.69) is 32.1 Å². The number of hydrogen-bond donors (Lipinski definition) is 2. The molecule has 10 heteroatoms. The molecule has 0 aromatic carbocycles. The lowest BCUT2D eigenvalue weighted by atomic mass is 9.93. The molecule has 2 N–H and O–H groups in total. The highest BCUT2D eigenvalue weighted by Gasteiger charge is 2.36. The normalized spacial score (nSPS) is 23.2. The Kier molecular flexibility index (Phi) is 5.48. The van der Waals surface area contributed by atoms with Crippen molar-refractivity contribution < 1.29 is 13.2 Å². The number of piperidine rings is 1. The van der Waals surface area contributed by atoms with Crippen molar-refractivity contribution >= 4 is 32.8 Å². The largest absolute Gasteiger partial charge is 0.355 e. The molecule has 1 saturated carbocycles. The van der Waals surface area contributed by atoms with Crippen LogP contribution in [0, 0.1) is 11.8 Å². The molecule has 9 nitrogen and oxygen atoms in total. The molecule has 0 spiro atoms. The van der Waals surface area contributed by atoms with Crippen LogP contribution in [0.4, 0.5) is 5.82 Å². The van der Waals surface area contributed by atoms with Crippen molar-refractivity contribution in [1.82, 2.24) is 24.6 Å². The van der Waals surface area contributed by atoms with Crippen molar-refractivity contribution in [2.45, 2.75) is 32.2 Å². The zero-order valence-corrected chi connectivity index (χ0v) is 17.7. The summed E-state index contributed by atoms with van der Waals surface area (Å²) in [6.45, 7) is 3.23. The fourth-order valence-corrected chi connectivity index (χ4v) is 5.38. The molecule has 2 unspecified atom stereocenters. The molecule has 1 aliphatic carbocycles. The minimum Gasteiger partial charge on any atom is -0.355 e. The van der Waals surface area contributed by atoms with Crippen LogP contribution in [-0.4, -0.2) is 72.1 Å². The van der Waals surface area contributed by atoms with E-state index in [0.717, 1.165) is 36.1 Å². The average molecular weight is 421 g/mol. The summed E-state index contributed by atoms with van der Waals surface area (Å²) in [5.74, 6) is 1.12. The lowest BCUT2D eigenvalue weighted by Gasteiger charge is -2.41. The molecule has 0 bridgehead atoms. The fourth-order valence-electron chi connectivity index (χ4n) is 4.00. The lowest BCUT2D eigenvalue weighted by Crippen LogP contribution is -2.53. The summed E-state index contributed by atoms with van der Waals surface area (Å²) in [7, 11) is -1.47. The van der Waals surface area contributed by atoms with Gasteiger partial charge in [-0.15, -0.1) is 0 Å². The van der Waals surface area contributed by atoms with Gasteiger partial charge in [-0.05, 0) is 31.2 Å². The van der Waals surface area contributed by atoms with Crippen LogP contribution in [0.25, 0.3) is 11.0 Å². The number of sulfonamides is 1. The van der Waals surface area contributed by atoms with Crippen molar-refractivity contribution in [2.24, 2.45) is 11.8 Å². The molecule has 158 valence electrons. The van der Waals surface area contributed by atoms with Gasteiger partial charge >= 0.3 is 0 Å².